The number of hydrogen-bond donors (Lipinski definition) is 1. The molecule has 2 aromatic rings. The fourth-order valence-corrected chi connectivity index (χ4v) is 2.04. The molecule has 21 heavy (non-hydrogen) atoms. The van der Waals surface area contributed by atoms with Crippen molar-refractivity contribution >= 4 is 39.2 Å². The number of halogens is 2. The molecule has 0 bridgehead atoms. The number of carbonyl (C=O) groups excluding carboxylic acids is 1. The highest BCUT2D eigenvalue weighted by Crippen LogP contribution is 2.19. The number of esters is 1. The predicted octanol–water partition coefficient (Wildman–Crippen LogP) is 3.92. The summed E-state index contributed by atoms with van der Waals surface area (Å²) in [5, 5.41) is 0.433. The van der Waals surface area contributed by atoms with Crippen molar-refractivity contribution in [2.75, 3.05) is 18.9 Å². The summed E-state index contributed by atoms with van der Waals surface area (Å²) in [6.45, 7) is 0.384. The second-order valence-electron chi connectivity index (χ2n) is 4.17. The predicted molar refractivity (Wildman–Crippen MR) is 85.8 cm³/mol. The Morgan fingerprint density at radius 1 is 1.14 bits per heavy atom. The van der Waals surface area contributed by atoms with Crippen molar-refractivity contribution in [2.24, 2.45) is 0 Å². The summed E-state index contributed by atoms with van der Waals surface area (Å²) >= 11 is 9.16. The molecule has 0 saturated heterocycles. The van der Waals surface area contributed by atoms with Gasteiger partial charge in [0.15, 0.2) is 0 Å². The number of anilines is 1. The highest BCUT2D eigenvalue weighted by molar-refractivity contribution is 9.10. The summed E-state index contributed by atoms with van der Waals surface area (Å²) in [6.07, 6.45) is 0. The van der Waals surface area contributed by atoms with Crippen molar-refractivity contribution in [3.05, 3.63) is 57.5 Å². The quantitative estimate of drug-likeness (QED) is 0.492. The Morgan fingerprint density at radius 3 is 2.57 bits per heavy atom. The summed E-state index contributed by atoms with van der Waals surface area (Å²) in [5.74, 6) is 0.186. The van der Waals surface area contributed by atoms with Crippen LogP contribution < -0.4 is 10.5 Å². The van der Waals surface area contributed by atoms with Gasteiger partial charge in [-0.05, 0) is 42.5 Å². The Bertz CT molecular complexity index is 631. The van der Waals surface area contributed by atoms with Crippen molar-refractivity contribution in [3.8, 4) is 5.75 Å². The standard InChI is InChI=1S/C15H13BrClNO3/c16-10-1-4-12(5-2-10)20-7-8-21-15(19)13-9-11(17)3-6-14(13)18/h1-6,9H,7-8,18H2. The first-order valence-electron chi connectivity index (χ1n) is 6.17. The summed E-state index contributed by atoms with van der Waals surface area (Å²) < 4.78 is 11.5. The lowest BCUT2D eigenvalue weighted by Crippen LogP contribution is -2.13. The lowest BCUT2D eigenvalue weighted by atomic mass is 10.2. The van der Waals surface area contributed by atoms with Crippen LogP contribution in [0.5, 0.6) is 5.75 Å². The van der Waals surface area contributed by atoms with Gasteiger partial charge in [-0.25, -0.2) is 4.79 Å². The highest BCUT2D eigenvalue weighted by atomic mass is 79.9. The first-order valence-corrected chi connectivity index (χ1v) is 7.34. The van der Waals surface area contributed by atoms with Crippen LogP contribution in [0, 0.1) is 0 Å². The van der Waals surface area contributed by atoms with Crippen LogP contribution >= 0.6 is 27.5 Å². The van der Waals surface area contributed by atoms with Crippen molar-refractivity contribution < 1.29 is 14.3 Å². The summed E-state index contributed by atoms with van der Waals surface area (Å²) in [4.78, 5) is 11.9. The van der Waals surface area contributed by atoms with Crippen molar-refractivity contribution in [3.63, 3.8) is 0 Å². The zero-order valence-electron chi connectivity index (χ0n) is 11.0. The number of hydrogen-bond acceptors (Lipinski definition) is 4. The van der Waals surface area contributed by atoms with Gasteiger partial charge in [0.1, 0.15) is 19.0 Å². The molecule has 0 aliphatic rings. The van der Waals surface area contributed by atoms with Gasteiger partial charge in [-0.3, -0.25) is 0 Å². The smallest absolute Gasteiger partial charge is 0.340 e. The second kappa shape index (κ2) is 7.33. The molecule has 2 N–H and O–H groups in total. The Hall–Kier alpha value is -1.72. The third-order valence-electron chi connectivity index (χ3n) is 2.63. The van der Waals surface area contributed by atoms with E-state index in [1.807, 2.05) is 24.3 Å². The molecule has 4 nitrogen and oxygen atoms in total. The second-order valence-corrected chi connectivity index (χ2v) is 5.52. The van der Waals surface area contributed by atoms with E-state index >= 15 is 0 Å². The van der Waals surface area contributed by atoms with Crippen molar-refractivity contribution in [1.82, 2.24) is 0 Å². The number of benzene rings is 2. The van der Waals surface area contributed by atoms with E-state index in [0.29, 0.717) is 16.5 Å². The third-order valence-corrected chi connectivity index (χ3v) is 3.40. The van der Waals surface area contributed by atoms with Gasteiger partial charge < -0.3 is 15.2 Å². The first-order chi connectivity index (χ1) is 10.1. The Labute approximate surface area is 135 Å². The molecule has 0 unspecified atom stereocenters. The first kappa shape index (κ1) is 15.7. The molecule has 0 spiro atoms. The Balaban J connectivity index is 1.81. The Kier molecular flexibility index (Phi) is 5.47. The molecule has 0 aliphatic heterocycles. The maximum absolute atomic E-state index is 11.9. The minimum absolute atomic E-state index is 0.126. The average molecular weight is 371 g/mol. The van der Waals surface area contributed by atoms with Gasteiger partial charge >= 0.3 is 5.97 Å². The fraction of sp³-hybridized carbons (Fsp3) is 0.133. The van der Waals surface area contributed by atoms with Crippen LogP contribution in [-0.4, -0.2) is 19.2 Å². The van der Waals surface area contributed by atoms with Crippen LogP contribution in [0.3, 0.4) is 0 Å². The van der Waals surface area contributed by atoms with E-state index in [1.165, 1.54) is 6.07 Å². The number of nitrogen functional groups attached to an aromatic ring is 1. The van der Waals surface area contributed by atoms with Gasteiger partial charge in [0.2, 0.25) is 0 Å². The summed E-state index contributed by atoms with van der Waals surface area (Å²) in [6, 6.07) is 12.0. The maximum Gasteiger partial charge on any atom is 0.340 e. The molecule has 110 valence electrons. The monoisotopic (exact) mass is 369 g/mol. The van der Waals surface area contributed by atoms with E-state index in [2.05, 4.69) is 15.9 Å². The number of carbonyl (C=O) groups is 1. The van der Waals surface area contributed by atoms with E-state index in [0.717, 1.165) is 4.47 Å². The third kappa shape index (κ3) is 4.65. The maximum atomic E-state index is 11.9. The normalized spacial score (nSPS) is 10.2. The summed E-state index contributed by atoms with van der Waals surface area (Å²) in [5.41, 5.74) is 6.29. The zero-order chi connectivity index (χ0) is 15.2. The van der Waals surface area contributed by atoms with Crippen LogP contribution in [0.15, 0.2) is 46.9 Å². The van der Waals surface area contributed by atoms with Crippen molar-refractivity contribution in [2.45, 2.75) is 0 Å². The van der Waals surface area contributed by atoms with Gasteiger partial charge in [-0.1, -0.05) is 27.5 Å². The molecule has 0 radical (unpaired) electrons. The SMILES string of the molecule is Nc1ccc(Cl)cc1C(=O)OCCOc1ccc(Br)cc1. The molecule has 0 amide bonds. The number of ether oxygens (including phenoxy) is 2. The number of rotatable bonds is 5. The molecule has 6 heteroatoms. The van der Waals surface area contributed by atoms with Gasteiger partial charge in [0, 0.05) is 15.2 Å². The van der Waals surface area contributed by atoms with Crippen LogP contribution in [-0.2, 0) is 4.74 Å². The molecule has 0 saturated carbocycles. The molecule has 0 aliphatic carbocycles. The van der Waals surface area contributed by atoms with E-state index in [1.54, 1.807) is 12.1 Å². The minimum atomic E-state index is -0.519. The van der Waals surface area contributed by atoms with Crippen LogP contribution in [0.25, 0.3) is 0 Å². The van der Waals surface area contributed by atoms with Gasteiger partial charge in [0.05, 0.1) is 5.56 Å². The molecular weight excluding hydrogens is 358 g/mol. The van der Waals surface area contributed by atoms with Gasteiger partial charge in [-0.15, -0.1) is 0 Å². The Morgan fingerprint density at radius 2 is 1.86 bits per heavy atom. The van der Waals surface area contributed by atoms with E-state index < -0.39 is 5.97 Å². The molecule has 0 aromatic heterocycles. The minimum Gasteiger partial charge on any atom is -0.490 e. The average Bonchev–Trinajstić information content (AvgIpc) is 2.47. The van der Waals surface area contributed by atoms with Crippen LogP contribution in [0.1, 0.15) is 10.4 Å². The lowest BCUT2D eigenvalue weighted by Gasteiger charge is -2.09. The lowest BCUT2D eigenvalue weighted by molar-refractivity contribution is 0.0451. The van der Waals surface area contributed by atoms with Gasteiger partial charge in [0.25, 0.3) is 0 Å². The van der Waals surface area contributed by atoms with Crippen molar-refractivity contribution in [1.29, 1.82) is 0 Å². The van der Waals surface area contributed by atoms with Gasteiger partial charge in [-0.2, -0.15) is 0 Å². The highest BCUT2D eigenvalue weighted by Gasteiger charge is 2.11. The van der Waals surface area contributed by atoms with E-state index in [9.17, 15) is 4.79 Å². The van der Waals surface area contributed by atoms with E-state index in [4.69, 9.17) is 26.8 Å². The number of nitrogens with two attached hydrogens (primary N) is 1. The van der Waals surface area contributed by atoms with Crippen LogP contribution in [0.4, 0.5) is 5.69 Å². The molecule has 0 heterocycles. The molecular formula is C15H13BrClNO3. The van der Waals surface area contributed by atoms with E-state index in [-0.39, 0.29) is 18.8 Å². The topological polar surface area (TPSA) is 61.6 Å². The molecule has 0 atom stereocenters. The molecule has 0 fully saturated rings. The zero-order valence-corrected chi connectivity index (χ0v) is 13.4. The van der Waals surface area contributed by atoms with Crippen LogP contribution in [0.2, 0.25) is 5.02 Å². The largest absolute Gasteiger partial charge is 0.490 e. The molecule has 2 rings (SSSR count). The molecule has 2 aromatic carbocycles. The summed E-state index contributed by atoms with van der Waals surface area (Å²) in [7, 11) is 0. The fourth-order valence-electron chi connectivity index (χ4n) is 1.61.